The van der Waals surface area contributed by atoms with Gasteiger partial charge < -0.3 is 10.8 Å². The third-order valence-corrected chi connectivity index (χ3v) is 3.18. The molecule has 3 nitrogen and oxygen atoms in total. The van der Waals surface area contributed by atoms with Crippen LogP contribution in [0.5, 0.6) is 0 Å². The number of carbonyl (C=O) groups is 1. The molecule has 1 aliphatic carbocycles. The van der Waals surface area contributed by atoms with Crippen molar-refractivity contribution in [1.29, 1.82) is 0 Å². The minimum absolute atomic E-state index is 0.0259. The molecule has 1 fully saturated rings. The van der Waals surface area contributed by atoms with Gasteiger partial charge in [0.2, 0.25) is 6.41 Å². The quantitative estimate of drug-likeness (QED) is 0.769. The van der Waals surface area contributed by atoms with Crippen LogP contribution < -0.4 is 5.73 Å². The van der Waals surface area contributed by atoms with Crippen LogP contribution in [0.4, 0.5) is 0 Å². The highest BCUT2D eigenvalue weighted by Crippen LogP contribution is 2.26. The van der Waals surface area contributed by atoms with Crippen molar-refractivity contribution < 1.29 is 9.90 Å². The summed E-state index contributed by atoms with van der Waals surface area (Å²) < 4.78 is 0. The molecule has 94 valence electrons. The molecule has 0 atom stereocenters. The minimum atomic E-state index is -0.0259. The number of hydrogen-bond donors (Lipinski definition) is 2. The molecule has 1 aliphatic rings. The lowest BCUT2D eigenvalue weighted by Gasteiger charge is -2.25. The molecule has 1 amide bonds. The lowest BCUT2D eigenvalue weighted by atomic mass is 9.83. The molecule has 0 heterocycles. The zero-order chi connectivity index (χ0) is 12.5. The van der Waals surface area contributed by atoms with Crippen LogP contribution in [-0.2, 0) is 11.2 Å². The molecule has 0 spiro atoms. The molecule has 0 unspecified atom stereocenters. The van der Waals surface area contributed by atoms with E-state index >= 15 is 0 Å². The smallest absolute Gasteiger partial charge is 0.204 e. The van der Waals surface area contributed by atoms with Crippen LogP contribution in [0.25, 0.3) is 0 Å². The summed E-state index contributed by atoms with van der Waals surface area (Å²) in [6.45, 7) is 0. The molecule has 17 heavy (non-hydrogen) atoms. The first-order chi connectivity index (χ1) is 8.26. The molecule has 1 aromatic carbocycles. The Bertz CT molecular complexity index is 305. The Balaban J connectivity index is 0.000000437. The van der Waals surface area contributed by atoms with Gasteiger partial charge in [-0.15, -0.1) is 0 Å². The molecular weight excluding hydrogens is 214 g/mol. The number of carbonyl (C=O) groups excluding carboxylic acids is 1. The largest absolute Gasteiger partial charge is 0.393 e. The van der Waals surface area contributed by atoms with Gasteiger partial charge in [0.15, 0.2) is 0 Å². The second kappa shape index (κ2) is 7.85. The summed E-state index contributed by atoms with van der Waals surface area (Å²) in [4.78, 5) is 8.58. The van der Waals surface area contributed by atoms with E-state index in [-0.39, 0.29) is 12.5 Å². The number of benzene rings is 1. The Morgan fingerprint density at radius 3 is 2.24 bits per heavy atom. The summed E-state index contributed by atoms with van der Waals surface area (Å²) in [6, 6.07) is 10.7. The summed E-state index contributed by atoms with van der Waals surface area (Å²) >= 11 is 0. The number of nitrogens with two attached hydrogens (primary N) is 1. The van der Waals surface area contributed by atoms with Gasteiger partial charge in [-0.25, -0.2) is 0 Å². The van der Waals surface area contributed by atoms with E-state index in [0.29, 0.717) is 0 Å². The van der Waals surface area contributed by atoms with Gasteiger partial charge in [0, 0.05) is 0 Å². The Hall–Kier alpha value is -1.35. The molecule has 1 saturated carbocycles. The summed E-state index contributed by atoms with van der Waals surface area (Å²) in [5.41, 5.74) is 5.61. The van der Waals surface area contributed by atoms with Crippen molar-refractivity contribution in [3.05, 3.63) is 35.9 Å². The van der Waals surface area contributed by atoms with E-state index in [1.165, 1.54) is 24.8 Å². The average molecular weight is 235 g/mol. The highest BCUT2D eigenvalue weighted by molar-refractivity contribution is 5.42. The first-order valence-corrected chi connectivity index (χ1v) is 6.13. The number of amides is 1. The Morgan fingerprint density at radius 2 is 1.71 bits per heavy atom. The molecule has 0 aromatic heterocycles. The van der Waals surface area contributed by atoms with Crippen molar-refractivity contribution in [2.24, 2.45) is 11.7 Å². The molecule has 0 bridgehead atoms. The Kier molecular flexibility index (Phi) is 6.33. The van der Waals surface area contributed by atoms with Crippen LogP contribution in [0.15, 0.2) is 30.3 Å². The maximum absolute atomic E-state index is 9.39. The first-order valence-electron chi connectivity index (χ1n) is 6.13. The maximum Gasteiger partial charge on any atom is 0.204 e. The second-order valence-electron chi connectivity index (χ2n) is 4.50. The monoisotopic (exact) mass is 235 g/mol. The Labute approximate surface area is 103 Å². The number of hydrogen-bond acceptors (Lipinski definition) is 2. The van der Waals surface area contributed by atoms with Gasteiger partial charge in [-0.3, -0.25) is 4.79 Å². The van der Waals surface area contributed by atoms with Crippen molar-refractivity contribution >= 4 is 6.41 Å². The van der Waals surface area contributed by atoms with Gasteiger partial charge in [-0.1, -0.05) is 30.3 Å². The molecule has 1 aromatic rings. The van der Waals surface area contributed by atoms with E-state index in [1.807, 2.05) is 0 Å². The zero-order valence-corrected chi connectivity index (χ0v) is 10.1. The number of aliphatic hydroxyl groups is 1. The fourth-order valence-electron chi connectivity index (χ4n) is 2.30. The number of aliphatic hydroxyl groups excluding tert-OH is 1. The Morgan fingerprint density at radius 1 is 1.18 bits per heavy atom. The lowest BCUT2D eigenvalue weighted by molar-refractivity contribution is -0.106. The van der Waals surface area contributed by atoms with Crippen LogP contribution in [0.1, 0.15) is 31.2 Å². The van der Waals surface area contributed by atoms with E-state index in [4.69, 9.17) is 4.79 Å². The third kappa shape index (κ3) is 5.50. The van der Waals surface area contributed by atoms with Crippen LogP contribution in [-0.4, -0.2) is 17.6 Å². The maximum atomic E-state index is 9.39. The molecule has 0 saturated heterocycles. The highest BCUT2D eigenvalue weighted by Gasteiger charge is 2.19. The normalized spacial score (nSPS) is 23.4. The van der Waals surface area contributed by atoms with E-state index in [1.54, 1.807) is 0 Å². The van der Waals surface area contributed by atoms with Gasteiger partial charge in [-0.2, -0.15) is 0 Å². The van der Waals surface area contributed by atoms with Gasteiger partial charge in [-0.05, 0) is 43.6 Å². The van der Waals surface area contributed by atoms with Gasteiger partial charge >= 0.3 is 0 Å². The average Bonchev–Trinajstić information content (AvgIpc) is 2.35. The van der Waals surface area contributed by atoms with E-state index in [2.05, 4.69) is 36.1 Å². The van der Waals surface area contributed by atoms with Gasteiger partial charge in [0.05, 0.1) is 6.10 Å². The molecule has 0 aliphatic heterocycles. The number of primary amides is 1. The van der Waals surface area contributed by atoms with Gasteiger partial charge in [0.25, 0.3) is 0 Å². The van der Waals surface area contributed by atoms with Gasteiger partial charge in [0.1, 0.15) is 0 Å². The van der Waals surface area contributed by atoms with E-state index in [0.717, 1.165) is 18.8 Å². The lowest BCUT2D eigenvalue weighted by Crippen LogP contribution is -2.19. The summed E-state index contributed by atoms with van der Waals surface area (Å²) in [5, 5.41) is 9.39. The van der Waals surface area contributed by atoms with Crippen LogP contribution in [0.3, 0.4) is 0 Å². The van der Waals surface area contributed by atoms with Crippen LogP contribution in [0.2, 0.25) is 0 Å². The standard InChI is InChI=1S/C13H18O.CH3NO/c14-13-8-6-12(7-9-13)10-11-4-2-1-3-5-11;2-1-3/h1-5,12-14H,6-10H2;1H,(H2,2,3). The molecule has 3 heteroatoms. The summed E-state index contributed by atoms with van der Waals surface area (Å²) in [6.07, 6.45) is 5.79. The summed E-state index contributed by atoms with van der Waals surface area (Å²) in [7, 11) is 0. The molecular formula is C14H21NO2. The SMILES string of the molecule is NC=O.OC1CCC(Cc2ccccc2)CC1. The van der Waals surface area contributed by atoms with Crippen molar-refractivity contribution in [2.45, 2.75) is 38.2 Å². The highest BCUT2D eigenvalue weighted by atomic mass is 16.3. The van der Waals surface area contributed by atoms with E-state index < -0.39 is 0 Å². The van der Waals surface area contributed by atoms with Crippen LogP contribution in [0, 0.1) is 5.92 Å². The van der Waals surface area contributed by atoms with Crippen molar-refractivity contribution in [2.75, 3.05) is 0 Å². The summed E-state index contributed by atoms with van der Waals surface area (Å²) in [5.74, 6) is 0.792. The predicted molar refractivity (Wildman–Crippen MR) is 68.4 cm³/mol. The third-order valence-electron chi connectivity index (χ3n) is 3.18. The second-order valence-corrected chi connectivity index (χ2v) is 4.50. The fourth-order valence-corrected chi connectivity index (χ4v) is 2.30. The van der Waals surface area contributed by atoms with Crippen LogP contribution >= 0.6 is 0 Å². The fraction of sp³-hybridized carbons (Fsp3) is 0.500. The molecule has 0 radical (unpaired) electrons. The zero-order valence-electron chi connectivity index (χ0n) is 10.1. The van der Waals surface area contributed by atoms with Crippen molar-refractivity contribution in [1.82, 2.24) is 0 Å². The predicted octanol–water partition coefficient (Wildman–Crippen LogP) is 1.88. The van der Waals surface area contributed by atoms with E-state index in [9.17, 15) is 5.11 Å². The first kappa shape index (κ1) is 13.7. The van der Waals surface area contributed by atoms with Crippen molar-refractivity contribution in [3.63, 3.8) is 0 Å². The molecule has 3 N–H and O–H groups in total. The van der Waals surface area contributed by atoms with Crippen molar-refractivity contribution in [3.8, 4) is 0 Å². The number of rotatable bonds is 2. The topological polar surface area (TPSA) is 63.3 Å². The molecule has 2 rings (SSSR count). The minimum Gasteiger partial charge on any atom is -0.393 e.